The molecule has 1 aliphatic heterocycles. The zero-order valence-corrected chi connectivity index (χ0v) is 21.7. The molecular formula is C24H36FN5O3S. The Balaban J connectivity index is 1.90. The van der Waals surface area contributed by atoms with E-state index >= 15 is 0 Å². The fourth-order valence-corrected chi connectivity index (χ4v) is 6.03. The summed E-state index contributed by atoms with van der Waals surface area (Å²) in [6.45, 7) is 9.25. The summed E-state index contributed by atoms with van der Waals surface area (Å²) in [4.78, 5) is 15.3. The van der Waals surface area contributed by atoms with Crippen LogP contribution in [0.3, 0.4) is 0 Å². The van der Waals surface area contributed by atoms with Crippen molar-refractivity contribution in [3.63, 3.8) is 0 Å². The summed E-state index contributed by atoms with van der Waals surface area (Å²) in [5, 5.41) is 4.13. The number of aryl methyl sites for hydroxylation is 1. The number of aromatic nitrogens is 2. The van der Waals surface area contributed by atoms with Gasteiger partial charge in [-0.2, -0.15) is 13.5 Å². The van der Waals surface area contributed by atoms with Gasteiger partial charge in [0.2, 0.25) is 5.91 Å². The number of anilines is 1. The van der Waals surface area contributed by atoms with Crippen LogP contribution in [-0.4, -0.2) is 55.2 Å². The predicted octanol–water partition coefficient (Wildman–Crippen LogP) is 3.31. The van der Waals surface area contributed by atoms with Crippen molar-refractivity contribution >= 4 is 21.8 Å². The van der Waals surface area contributed by atoms with Gasteiger partial charge in [0.25, 0.3) is 0 Å². The first-order chi connectivity index (χ1) is 15.9. The average molecular weight is 494 g/mol. The molecule has 1 aromatic heterocycles. The van der Waals surface area contributed by atoms with E-state index in [-0.39, 0.29) is 30.1 Å². The lowest BCUT2D eigenvalue weighted by Gasteiger charge is -2.36. The van der Waals surface area contributed by atoms with E-state index < -0.39 is 16.1 Å². The molecule has 0 atom stereocenters. The van der Waals surface area contributed by atoms with Crippen molar-refractivity contribution < 1.29 is 17.6 Å². The van der Waals surface area contributed by atoms with Crippen LogP contribution in [0.5, 0.6) is 0 Å². The lowest BCUT2D eigenvalue weighted by molar-refractivity contribution is -0.118. The van der Waals surface area contributed by atoms with Crippen LogP contribution in [0.2, 0.25) is 0 Å². The summed E-state index contributed by atoms with van der Waals surface area (Å²) in [7, 11) is -0.464. The molecule has 1 saturated heterocycles. The lowest BCUT2D eigenvalue weighted by atomic mass is 9.87. The summed E-state index contributed by atoms with van der Waals surface area (Å²) in [5.74, 6) is -1.02. The number of carbonyl (C=O) groups is 1. The topological polar surface area (TPSA) is 87.5 Å². The zero-order chi connectivity index (χ0) is 25.2. The number of nitrogens with one attached hydrogen (secondary N) is 1. The fourth-order valence-electron chi connectivity index (χ4n) is 4.60. The van der Waals surface area contributed by atoms with Crippen LogP contribution < -0.4 is 9.03 Å². The van der Waals surface area contributed by atoms with E-state index in [1.807, 2.05) is 34.7 Å². The summed E-state index contributed by atoms with van der Waals surface area (Å²) in [5.41, 5.74) is 2.54. The van der Waals surface area contributed by atoms with Gasteiger partial charge in [-0.15, -0.1) is 0 Å². The molecule has 0 aliphatic carbocycles. The zero-order valence-electron chi connectivity index (χ0n) is 20.9. The van der Waals surface area contributed by atoms with E-state index in [1.54, 1.807) is 13.2 Å². The largest absolute Gasteiger partial charge is 0.326 e. The average Bonchev–Trinajstić information content (AvgIpc) is 3.15. The Bertz CT molecular complexity index is 1090. The van der Waals surface area contributed by atoms with Crippen molar-refractivity contribution in [3.05, 3.63) is 47.0 Å². The van der Waals surface area contributed by atoms with Crippen LogP contribution >= 0.6 is 0 Å². The van der Waals surface area contributed by atoms with E-state index in [1.165, 1.54) is 27.3 Å². The SMILES string of the molecule is CC(C)c1cc(F)cc(C(C)C)c1CC(=O)NS(=O)(=O)N(c1cnn(C)c1)C1CCN(C)CC1. The highest BCUT2D eigenvalue weighted by Crippen LogP contribution is 2.30. The standard InChI is InChI=1S/C24H36FN5O3S/c1-16(2)21-11-18(25)12-22(17(3)4)23(21)13-24(31)27-34(32,33)30(20-14-26-29(6)15-20)19-7-9-28(5)10-8-19/h11-12,14-17,19H,7-10,13H2,1-6H3,(H,27,31). The molecule has 0 unspecified atom stereocenters. The first kappa shape index (κ1) is 26.2. The van der Waals surface area contributed by atoms with E-state index in [2.05, 4.69) is 14.7 Å². The monoisotopic (exact) mass is 493 g/mol. The molecule has 2 aromatic rings. The molecule has 0 spiro atoms. The fraction of sp³-hybridized carbons (Fsp3) is 0.583. The Morgan fingerprint density at radius 1 is 1.15 bits per heavy atom. The summed E-state index contributed by atoms with van der Waals surface area (Å²) >= 11 is 0. The third kappa shape index (κ3) is 5.96. The van der Waals surface area contributed by atoms with Gasteiger partial charge in [0.15, 0.2) is 0 Å². The molecule has 1 aliphatic rings. The minimum atomic E-state index is -4.19. The number of rotatable bonds is 8. The van der Waals surface area contributed by atoms with Crippen LogP contribution in [0.15, 0.2) is 24.5 Å². The Morgan fingerprint density at radius 2 is 1.71 bits per heavy atom. The van der Waals surface area contributed by atoms with Crippen molar-refractivity contribution in [1.82, 2.24) is 19.4 Å². The van der Waals surface area contributed by atoms with Crippen LogP contribution in [-0.2, 0) is 28.5 Å². The quantitative estimate of drug-likeness (QED) is 0.610. The van der Waals surface area contributed by atoms with Gasteiger partial charge in [-0.1, -0.05) is 27.7 Å². The van der Waals surface area contributed by atoms with Crippen LogP contribution in [0, 0.1) is 5.82 Å². The van der Waals surface area contributed by atoms with Gasteiger partial charge < -0.3 is 4.90 Å². The number of likely N-dealkylation sites (tertiary alicyclic amines) is 1. The Morgan fingerprint density at radius 3 is 2.18 bits per heavy atom. The number of piperidine rings is 1. The van der Waals surface area contributed by atoms with E-state index in [4.69, 9.17) is 0 Å². The highest BCUT2D eigenvalue weighted by molar-refractivity contribution is 7.91. The third-order valence-corrected chi connectivity index (χ3v) is 7.84. The first-order valence-electron chi connectivity index (χ1n) is 11.7. The van der Waals surface area contributed by atoms with Crippen LogP contribution in [0.4, 0.5) is 10.1 Å². The number of hydrogen-bond donors (Lipinski definition) is 1. The van der Waals surface area contributed by atoms with Gasteiger partial charge in [-0.25, -0.2) is 13.4 Å². The highest BCUT2D eigenvalue weighted by Gasteiger charge is 2.34. The third-order valence-electron chi connectivity index (χ3n) is 6.33. The number of halogens is 1. The Hall–Kier alpha value is -2.46. The molecule has 0 bridgehead atoms. The minimum Gasteiger partial charge on any atom is -0.306 e. The second-order valence-corrected chi connectivity index (χ2v) is 11.3. The number of carbonyl (C=O) groups excluding carboxylic acids is 1. The molecule has 1 amide bonds. The normalized spacial score (nSPS) is 15.8. The van der Waals surface area contributed by atoms with Crippen molar-refractivity contribution in [1.29, 1.82) is 0 Å². The molecule has 8 nitrogen and oxygen atoms in total. The molecule has 10 heteroatoms. The first-order valence-corrected chi connectivity index (χ1v) is 13.2. The molecule has 0 radical (unpaired) electrons. The van der Waals surface area contributed by atoms with Crippen LogP contribution in [0.25, 0.3) is 0 Å². The van der Waals surface area contributed by atoms with E-state index in [9.17, 15) is 17.6 Å². The van der Waals surface area contributed by atoms with Crippen molar-refractivity contribution in [2.24, 2.45) is 7.05 Å². The molecule has 1 aromatic carbocycles. The molecular weight excluding hydrogens is 457 g/mol. The second kappa shape index (κ2) is 10.4. The van der Waals surface area contributed by atoms with E-state index in [0.29, 0.717) is 24.1 Å². The summed E-state index contributed by atoms with van der Waals surface area (Å²) in [6, 6.07) is 2.59. The van der Waals surface area contributed by atoms with Gasteiger partial charge in [0.05, 0.1) is 18.3 Å². The highest BCUT2D eigenvalue weighted by atomic mass is 32.2. The second-order valence-electron chi connectivity index (χ2n) is 9.78. The number of nitrogens with zero attached hydrogens (tertiary/aromatic N) is 4. The van der Waals surface area contributed by atoms with Gasteiger partial charge >= 0.3 is 10.2 Å². The Labute approximate surface area is 202 Å². The lowest BCUT2D eigenvalue weighted by Crippen LogP contribution is -2.52. The van der Waals surface area contributed by atoms with Crippen molar-refractivity contribution in [2.75, 3.05) is 24.4 Å². The van der Waals surface area contributed by atoms with Gasteiger partial charge in [0, 0.05) is 19.3 Å². The summed E-state index contributed by atoms with van der Waals surface area (Å²) < 4.78 is 46.4. The van der Waals surface area contributed by atoms with Gasteiger partial charge in [-0.05, 0) is 73.6 Å². The molecule has 1 N–H and O–H groups in total. The number of hydrogen-bond acceptors (Lipinski definition) is 5. The maximum Gasteiger partial charge on any atom is 0.326 e. The summed E-state index contributed by atoms with van der Waals surface area (Å²) in [6.07, 6.45) is 4.28. The molecule has 188 valence electrons. The van der Waals surface area contributed by atoms with Crippen LogP contribution in [0.1, 0.15) is 69.1 Å². The maximum atomic E-state index is 14.3. The predicted molar refractivity (Wildman–Crippen MR) is 132 cm³/mol. The number of amides is 1. The molecule has 2 heterocycles. The van der Waals surface area contributed by atoms with Crippen molar-refractivity contribution in [3.8, 4) is 0 Å². The maximum absolute atomic E-state index is 14.3. The minimum absolute atomic E-state index is 0.0151. The molecule has 3 rings (SSSR count). The number of benzene rings is 1. The van der Waals surface area contributed by atoms with Crippen molar-refractivity contribution in [2.45, 2.75) is 64.8 Å². The molecule has 1 fully saturated rings. The van der Waals surface area contributed by atoms with Gasteiger partial charge in [-0.3, -0.25) is 9.48 Å². The van der Waals surface area contributed by atoms with Gasteiger partial charge in [0.1, 0.15) is 5.82 Å². The van der Waals surface area contributed by atoms with E-state index in [0.717, 1.165) is 24.2 Å². The smallest absolute Gasteiger partial charge is 0.306 e. The molecule has 0 saturated carbocycles. The molecule has 34 heavy (non-hydrogen) atoms. The Kier molecular flexibility index (Phi) is 8.02.